The zero-order valence-corrected chi connectivity index (χ0v) is 15.1. The summed E-state index contributed by atoms with van der Waals surface area (Å²) < 4.78 is 10.9. The highest BCUT2D eigenvalue weighted by Gasteiger charge is 2.48. The lowest BCUT2D eigenvalue weighted by Gasteiger charge is -2.23. The molecule has 3 aliphatic rings. The number of anilines is 1. The smallest absolute Gasteiger partial charge is 0.290 e. The van der Waals surface area contributed by atoms with Crippen LogP contribution in [0.15, 0.2) is 17.0 Å². The second-order valence-electron chi connectivity index (χ2n) is 6.79. The minimum Gasteiger partial charge on any atom is -0.493 e. The molecule has 2 heterocycles. The van der Waals surface area contributed by atoms with Crippen molar-refractivity contribution in [2.45, 2.75) is 19.3 Å². The first-order chi connectivity index (χ1) is 12.0. The highest BCUT2D eigenvalue weighted by molar-refractivity contribution is 8.18. The maximum absolute atomic E-state index is 11.9. The van der Waals surface area contributed by atoms with Gasteiger partial charge in [-0.3, -0.25) is 14.9 Å². The molecule has 0 atom stereocenters. The SMILES string of the molecule is COc1cc(/C=C2\SC(=O)NC2=O)c(N2CCC3(CC3)C2)cc1OC. The van der Waals surface area contributed by atoms with E-state index in [2.05, 4.69) is 10.2 Å². The number of thioether (sulfide) groups is 1. The molecule has 0 bridgehead atoms. The summed E-state index contributed by atoms with van der Waals surface area (Å²) in [7, 11) is 3.20. The van der Waals surface area contributed by atoms with Crippen molar-refractivity contribution in [3.05, 3.63) is 22.6 Å². The zero-order valence-electron chi connectivity index (χ0n) is 14.3. The number of rotatable bonds is 4. The van der Waals surface area contributed by atoms with E-state index in [4.69, 9.17) is 9.47 Å². The van der Waals surface area contributed by atoms with Crippen molar-refractivity contribution in [1.82, 2.24) is 5.32 Å². The van der Waals surface area contributed by atoms with Crippen LogP contribution in [0.3, 0.4) is 0 Å². The van der Waals surface area contributed by atoms with Crippen LogP contribution in [0.2, 0.25) is 0 Å². The Balaban J connectivity index is 1.76. The van der Waals surface area contributed by atoms with Gasteiger partial charge in [0.25, 0.3) is 11.1 Å². The standard InChI is InChI=1S/C18H20N2O4S/c1-23-13-7-11(8-15-16(21)19-17(22)25-15)12(9-14(13)24-2)20-6-5-18(10-20)3-4-18/h7-9H,3-6,10H2,1-2H3,(H,19,21,22)/b15-8-. The number of carbonyl (C=O) groups is 2. The van der Waals surface area contributed by atoms with Crippen LogP contribution in [0.1, 0.15) is 24.8 Å². The average molecular weight is 360 g/mol. The van der Waals surface area contributed by atoms with Crippen molar-refractivity contribution in [1.29, 1.82) is 0 Å². The molecule has 6 nitrogen and oxygen atoms in total. The van der Waals surface area contributed by atoms with E-state index in [1.165, 1.54) is 19.3 Å². The molecule has 1 aliphatic carbocycles. The second kappa shape index (κ2) is 5.98. The van der Waals surface area contributed by atoms with Gasteiger partial charge >= 0.3 is 0 Å². The van der Waals surface area contributed by atoms with Crippen LogP contribution in [0.4, 0.5) is 10.5 Å². The van der Waals surface area contributed by atoms with E-state index >= 15 is 0 Å². The van der Waals surface area contributed by atoms with Crippen LogP contribution in [-0.4, -0.2) is 38.5 Å². The van der Waals surface area contributed by atoms with Gasteiger partial charge in [-0.15, -0.1) is 0 Å². The average Bonchev–Trinajstić information content (AvgIpc) is 3.10. The molecule has 0 aromatic heterocycles. The number of imide groups is 1. The number of carbonyl (C=O) groups excluding carboxylic acids is 2. The van der Waals surface area contributed by atoms with Gasteiger partial charge in [0, 0.05) is 30.4 Å². The van der Waals surface area contributed by atoms with E-state index in [0.29, 0.717) is 21.8 Å². The molecule has 3 fully saturated rings. The summed E-state index contributed by atoms with van der Waals surface area (Å²) in [4.78, 5) is 26.1. The minimum absolute atomic E-state index is 0.337. The van der Waals surface area contributed by atoms with Gasteiger partial charge in [0.05, 0.1) is 19.1 Å². The predicted molar refractivity (Wildman–Crippen MR) is 97.1 cm³/mol. The van der Waals surface area contributed by atoms with Gasteiger partial charge < -0.3 is 14.4 Å². The number of nitrogens with one attached hydrogen (secondary N) is 1. The molecule has 1 aromatic carbocycles. The second-order valence-corrected chi connectivity index (χ2v) is 7.80. The molecule has 7 heteroatoms. The van der Waals surface area contributed by atoms with Crippen LogP contribution < -0.4 is 19.7 Å². The van der Waals surface area contributed by atoms with Gasteiger partial charge in [0.1, 0.15) is 0 Å². The number of ether oxygens (including phenoxy) is 2. The zero-order chi connectivity index (χ0) is 17.6. The molecule has 1 saturated carbocycles. The van der Waals surface area contributed by atoms with Gasteiger partial charge in [-0.05, 0) is 48.6 Å². The summed E-state index contributed by atoms with van der Waals surface area (Å²) in [5, 5.41) is 1.96. The lowest BCUT2D eigenvalue weighted by atomic mass is 10.1. The van der Waals surface area contributed by atoms with Crippen LogP contribution in [0.5, 0.6) is 11.5 Å². The largest absolute Gasteiger partial charge is 0.493 e. The van der Waals surface area contributed by atoms with Gasteiger partial charge in [0.15, 0.2) is 11.5 Å². The topological polar surface area (TPSA) is 67.9 Å². The quantitative estimate of drug-likeness (QED) is 0.833. The predicted octanol–water partition coefficient (Wildman–Crippen LogP) is 3.02. The Morgan fingerprint density at radius 3 is 2.44 bits per heavy atom. The first-order valence-corrected chi connectivity index (χ1v) is 9.11. The minimum atomic E-state index is -0.351. The summed E-state index contributed by atoms with van der Waals surface area (Å²) in [6.45, 7) is 2.01. The van der Waals surface area contributed by atoms with Crippen LogP contribution in [0, 0.1) is 5.41 Å². The number of benzene rings is 1. The first kappa shape index (κ1) is 16.3. The third kappa shape index (κ3) is 2.97. The van der Waals surface area contributed by atoms with Crippen molar-refractivity contribution < 1.29 is 19.1 Å². The van der Waals surface area contributed by atoms with Gasteiger partial charge in [-0.2, -0.15) is 0 Å². The van der Waals surface area contributed by atoms with Gasteiger partial charge in [-0.1, -0.05) is 0 Å². The summed E-state index contributed by atoms with van der Waals surface area (Å²) in [5.41, 5.74) is 2.36. The van der Waals surface area contributed by atoms with E-state index in [0.717, 1.165) is 36.1 Å². The summed E-state index contributed by atoms with van der Waals surface area (Å²) in [5.74, 6) is 0.917. The van der Waals surface area contributed by atoms with Crippen LogP contribution in [0.25, 0.3) is 6.08 Å². The Hall–Kier alpha value is -2.15. The molecular formula is C18H20N2O4S. The Morgan fingerprint density at radius 1 is 1.16 bits per heavy atom. The van der Waals surface area contributed by atoms with Gasteiger partial charge in [-0.25, -0.2) is 0 Å². The molecule has 0 radical (unpaired) electrons. The van der Waals surface area contributed by atoms with E-state index in [1.54, 1.807) is 20.3 Å². The molecule has 1 aromatic rings. The van der Waals surface area contributed by atoms with E-state index in [9.17, 15) is 9.59 Å². The Morgan fingerprint density at radius 2 is 1.88 bits per heavy atom. The van der Waals surface area contributed by atoms with Crippen molar-refractivity contribution in [2.24, 2.45) is 5.41 Å². The number of methoxy groups -OCH3 is 2. The third-order valence-corrected chi connectivity index (χ3v) is 6.01. The Kier molecular flexibility index (Phi) is 3.91. The fraction of sp³-hybridized carbons (Fsp3) is 0.444. The van der Waals surface area contributed by atoms with Crippen LogP contribution >= 0.6 is 11.8 Å². The molecule has 1 spiro atoms. The van der Waals surface area contributed by atoms with Crippen molar-refractivity contribution in [2.75, 3.05) is 32.2 Å². The molecule has 2 saturated heterocycles. The number of hydrogen-bond donors (Lipinski definition) is 1. The third-order valence-electron chi connectivity index (χ3n) is 5.20. The number of amides is 2. The summed E-state index contributed by atoms with van der Waals surface area (Å²) in [6.07, 6.45) is 5.55. The molecule has 1 N–H and O–H groups in total. The molecule has 2 amide bonds. The summed E-state index contributed by atoms with van der Waals surface area (Å²) >= 11 is 0.926. The first-order valence-electron chi connectivity index (χ1n) is 8.29. The van der Waals surface area contributed by atoms with Gasteiger partial charge in [0.2, 0.25) is 0 Å². The maximum atomic E-state index is 11.9. The van der Waals surface area contributed by atoms with E-state index in [1.807, 2.05) is 12.1 Å². The Bertz CT molecular complexity index is 786. The molecule has 25 heavy (non-hydrogen) atoms. The summed E-state index contributed by atoms with van der Waals surface area (Å²) in [6, 6.07) is 3.83. The molecule has 0 unspecified atom stereocenters. The monoisotopic (exact) mass is 360 g/mol. The highest BCUT2D eigenvalue weighted by atomic mass is 32.2. The van der Waals surface area contributed by atoms with Crippen molar-refractivity contribution in [3.8, 4) is 11.5 Å². The normalized spacial score (nSPS) is 22.6. The number of nitrogens with zero attached hydrogens (tertiary/aromatic N) is 1. The lowest BCUT2D eigenvalue weighted by molar-refractivity contribution is -0.115. The fourth-order valence-corrected chi connectivity index (χ4v) is 4.23. The Labute approximate surface area is 150 Å². The highest BCUT2D eigenvalue weighted by Crippen LogP contribution is 2.54. The maximum Gasteiger partial charge on any atom is 0.290 e. The molecular weight excluding hydrogens is 340 g/mol. The van der Waals surface area contributed by atoms with E-state index in [-0.39, 0.29) is 11.1 Å². The molecule has 2 aliphatic heterocycles. The van der Waals surface area contributed by atoms with Crippen molar-refractivity contribution >= 4 is 34.7 Å². The lowest BCUT2D eigenvalue weighted by Crippen LogP contribution is -2.21. The number of hydrogen-bond acceptors (Lipinski definition) is 6. The van der Waals surface area contributed by atoms with Crippen LogP contribution in [-0.2, 0) is 4.79 Å². The van der Waals surface area contributed by atoms with Crippen molar-refractivity contribution in [3.63, 3.8) is 0 Å². The molecule has 132 valence electrons. The fourth-order valence-electron chi connectivity index (χ4n) is 3.56. The molecule has 4 rings (SSSR count). The van der Waals surface area contributed by atoms with E-state index < -0.39 is 0 Å².